The Bertz CT molecular complexity index is 1320. The van der Waals surface area contributed by atoms with Gasteiger partial charge in [-0.25, -0.2) is 14.8 Å². The number of halogens is 1. The number of aliphatic hydroxyl groups is 2. The number of aliphatic hydroxyl groups excluding tert-OH is 2. The lowest BCUT2D eigenvalue weighted by molar-refractivity contribution is 0.0186. The molecule has 1 aromatic heterocycles. The van der Waals surface area contributed by atoms with Crippen molar-refractivity contribution in [1.29, 1.82) is 0 Å². The minimum atomic E-state index is -1.24. The van der Waals surface area contributed by atoms with E-state index in [-0.39, 0.29) is 19.1 Å². The molecule has 5 rings (SSSR count). The van der Waals surface area contributed by atoms with Crippen LogP contribution in [0.2, 0.25) is 5.15 Å². The van der Waals surface area contributed by atoms with Gasteiger partial charge in [0.25, 0.3) is 0 Å². The molecule has 1 amide bonds. The fraction of sp³-hybridized carbons (Fsp3) is 0.192. The molecule has 1 aliphatic rings. The van der Waals surface area contributed by atoms with Crippen molar-refractivity contribution in [1.82, 2.24) is 15.3 Å². The van der Waals surface area contributed by atoms with Gasteiger partial charge in [0.05, 0.1) is 5.52 Å². The molecule has 0 fully saturated rings. The maximum absolute atomic E-state index is 12.3. The normalized spacial score (nSPS) is 14.3. The van der Waals surface area contributed by atoms with E-state index >= 15 is 0 Å². The quantitative estimate of drug-likeness (QED) is 0.361. The third kappa shape index (κ3) is 4.21. The monoisotopic (exact) mass is 475 g/mol. The lowest BCUT2D eigenvalue weighted by atomic mass is 9.98. The first-order valence-corrected chi connectivity index (χ1v) is 11.3. The fourth-order valence-electron chi connectivity index (χ4n) is 4.40. The van der Waals surface area contributed by atoms with Gasteiger partial charge >= 0.3 is 6.09 Å². The Morgan fingerprint density at radius 3 is 2.38 bits per heavy atom. The number of carbonyl (C=O) groups excluding carboxylic acids is 1. The summed E-state index contributed by atoms with van der Waals surface area (Å²) in [6.45, 7) is -0.00987. The molecule has 4 aromatic rings. The van der Waals surface area contributed by atoms with Crippen molar-refractivity contribution < 1.29 is 19.7 Å². The van der Waals surface area contributed by atoms with E-state index in [9.17, 15) is 15.0 Å². The smallest absolute Gasteiger partial charge is 0.407 e. The second-order valence-corrected chi connectivity index (χ2v) is 8.52. The molecule has 0 saturated heterocycles. The third-order valence-electron chi connectivity index (χ3n) is 6.12. The predicted octanol–water partition coefficient (Wildman–Crippen LogP) is 4.22. The summed E-state index contributed by atoms with van der Waals surface area (Å²) in [6, 6.07) is 21.1. The highest BCUT2D eigenvalue weighted by Gasteiger charge is 2.29. The summed E-state index contributed by atoms with van der Waals surface area (Å²) in [5, 5.41) is 24.4. The molecule has 3 aromatic carbocycles. The molecular formula is C26H22ClN3O4. The van der Waals surface area contributed by atoms with Gasteiger partial charge in [0.1, 0.15) is 30.3 Å². The van der Waals surface area contributed by atoms with Crippen LogP contribution in [0, 0.1) is 0 Å². The van der Waals surface area contributed by atoms with Gasteiger partial charge in [-0.1, -0.05) is 66.2 Å². The summed E-state index contributed by atoms with van der Waals surface area (Å²) in [6.07, 6.45) is -1.80. The molecule has 1 heterocycles. The van der Waals surface area contributed by atoms with Crippen LogP contribution in [0.15, 0.2) is 73.1 Å². The topological polar surface area (TPSA) is 105 Å². The van der Waals surface area contributed by atoms with E-state index in [2.05, 4.69) is 27.4 Å². The van der Waals surface area contributed by atoms with Crippen molar-refractivity contribution in [3.63, 3.8) is 0 Å². The van der Waals surface area contributed by atoms with Crippen LogP contribution in [0.4, 0.5) is 4.79 Å². The number of aromatic nitrogens is 2. The van der Waals surface area contributed by atoms with Crippen molar-refractivity contribution in [2.24, 2.45) is 0 Å². The number of nitrogens with one attached hydrogen (secondary N) is 1. The highest BCUT2D eigenvalue weighted by molar-refractivity contribution is 6.34. The van der Waals surface area contributed by atoms with Gasteiger partial charge in [-0.15, -0.1) is 0 Å². The number of carbonyl (C=O) groups is 1. The average molecular weight is 476 g/mol. The number of hydrogen-bond acceptors (Lipinski definition) is 6. The summed E-state index contributed by atoms with van der Waals surface area (Å²) in [7, 11) is 0. The molecule has 1 aliphatic carbocycles. The molecule has 8 heteroatoms. The molecule has 0 radical (unpaired) electrons. The van der Waals surface area contributed by atoms with Crippen LogP contribution in [0.3, 0.4) is 0 Å². The highest BCUT2D eigenvalue weighted by Crippen LogP contribution is 2.44. The molecule has 2 unspecified atom stereocenters. The van der Waals surface area contributed by atoms with Crippen molar-refractivity contribution in [2.45, 2.75) is 18.1 Å². The maximum atomic E-state index is 12.3. The van der Waals surface area contributed by atoms with Gasteiger partial charge < -0.3 is 20.3 Å². The molecule has 0 aliphatic heterocycles. The average Bonchev–Trinajstić information content (AvgIpc) is 3.19. The van der Waals surface area contributed by atoms with Crippen LogP contribution in [0.1, 0.15) is 28.7 Å². The Morgan fingerprint density at radius 1 is 1.00 bits per heavy atom. The van der Waals surface area contributed by atoms with Gasteiger partial charge in [-0.05, 0) is 39.9 Å². The van der Waals surface area contributed by atoms with Gasteiger partial charge in [0, 0.05) is 17.8 Å². The molecular weight excluding hydrogens is 454 g/mol. The number of rotatable bonds is 6. The number of nitrogens with zero attached hydrogens (tertiary/aromatic N) is 2. The van der Waals surface area contributed by atoms with E-state index in [1.165, 1.54) is 6.33 Å². The number of ether oxygens (including phenoxy) is 1. The second kappa shape index (κ2) is 9.38. The van der Waals surface area contributed by atoms with Crippen LogP contribution in [0.5, 0.6) is 0 Å². The molecule has 172 valence electrons. The van der Waals surface area contributed by atoms with Crippen molar-refractivity contribution in [3.05, 3.63) is 94.9 Å². The van der Waals surface area contributed by atoms with E-state index in [0.717, 1.165) is 22.3 Å². The minimum absolute atomic E-state index is 0.0555. The highest BCUT2D eigenvalue weighted by atomic mass is 35.5. The van der Waals surface area contributed by atoms with Crippen LogP contribution in [-0.2, 0) is 4.74 Å². The Morgan fingerprint density at radius 2 is 1.68 bits per heavy atom. The van der Waals surface area contributed by atoms with E-state index in [1.54, 1.807) is 18.2 Å². The molecule has 3 N–H and O–H groups in total. The van der Waals surface area contributed by atoms with Crippen molar-refractivity contribution >= 4 is 28.6 Å². The van der Waals surface area contributed by atoms with Gasteiger partial charge in [-0.3, -0.25) is 0 Å². The summed E-state index contributed by atoms with van der Waals surface area (Å²) in [5.74, 6) is -0.0555. The number of benzene rings is 3. The lowest BCUT2D eigenvalue weighted by Gasteiger charge is -2.19. The molecule has 0 spiro atoms. The van der Waals surface area contributed by atoms with E-state index in [1.807, 2.05) is 36.4 Å². The summed E-state index contributed by atoms with van der Waals surface area (Å²) < 4.78 is 5.47. The zero-order chi connectivity index (χ0) is 23.7. The fourth-order valence-corrected chi connectivity index (χ4v) is 4.60. The van der Waals surface area contributed by atoms with Crippen LogP contribution in [-0.4, -0.2) is 45.5 Å². The Balaban J connectivity index is 1.19. The Kier molecular flexibility index (Phi) is 6.15. The van der Waals surface area contributed by atoms with Crippen LogP contribution in [0.25, 0.3) is 22.0 Å². The summed E-state index contributed by atoms with van der Waals surface area (Å²) in [4.78, 5) is 20.4. The summed E-state index contributed by atoms with van der Waals surface area (Å²) in [5.41, 5.74) is 5.52. The summed E-state index contributed by atoms with van der Waals surface area (Å²) >= 11 is 6.04. The van der Waals surface area contributed by atoms with E-state index in [4.69, 9.17) is 16.3 Å². The standard InChI is InChI=1S/C26H22ClN3O4/c27-25-20-10-9-15(11-22(20)29-14-30-25)24(32)23(31)12-28-26(33)34-13-21-18-7-3-1-5-16(18)17-6-2-4-8-19(17)21/h1-11,14,21,23-24,31-32H,12-13H2,(H,28,33). The molecule has 2 atom stereocenters. The van der Waals surface area contributed by atoms with E-state index < -0.39 is 18.3 Å². The first-order chi connectivity index (χ1) is 16.5. The number of hydrogen-bond donors (Lipinski definition) is 3. The predicted molar refractivity (Wildman–Crippen MR) is 129 cm³/mol. The largest absolute Gasteiger partial charge is 0.449 e. The van der Waals surface area contributed by atoms with E-state index in [0.29, 0.717) is 21.6 Å². The first-order valence-electron chi connectivity index (χ1n) is 10.9. The van der Waals surface area contributed by atoms with Gasteiger partial charge in [0.2, 0.25) is 0 Å². The minimum Gasteiger partial charge on any atom is -0.449 e. The zero-order valence-corrected chi connectivity index (χ0v) is 18.8. The molecule has 0 saturated carbocycles. The SMILES string of the molecule is O=C(NCC(O)C(O)c1ccc2c(Cl)ncnc2c1)OCC1c2ccccc2-c2ccccc21. The Hall–Kier alpha value is -3.52. The number of fused-ring (bicyclic) bond motifs is 4. The van der Waals surface area contributed by atoms with Crippen LogP contribution < -0.4 is 5.32 Å². The first kappa shape index (κ1) is 22.3. The Labute approximate surface area is 201 Å². The lowest BCUT2D eigenvalue weighted by Crippen LogP contribution is -2.36. The van der Waals surface area contributed by atoms with Crippen molar-refractivity contribution in [3.8, 4) is 11.1 Å². The number of amides is 1. The molecule has 0 bridgehead atoms. The van der Waals surface area contributed by atoms with Gasteiger partial charge in [0.15, 0.2) is 0 Å². The number of alkyl carbamates (subject to hydrolysis) is 1. The van der Waals surface area contributed by atoms with Crippen LogP contribution >= 0.6 is 11.6 Å². The molecule has 34 heavy (non-hydrogen) atoms. The van der Waals surface area contributed by atoms with Crippen molar-refractivity contribution in [2.75, 3.05) is 13.2 Å². The van der Waals surface area contributed by atoms with Gasteiger partial charge in [-0.2, -0.15) is 0 Å². The second-order valence-electron chi connectivity index (χ2n) is 8.16. The third-order valence-corrected chi connectivity index (χ3v) is 6.42. The zero-order valence-electron chi connectivity index (χ0n) is 18.1. The maximum Gasteiger partial charge on any atom is 0.407 e. The molecule has 7 nitrogen and oxygen atoms in total.